The van der Waals surface area contributed by atoms with Gasteiger partial charge in [-0.3, -0.25) is 4.72 Å². The summed E-state index contributed by atoms with van der Waals surface area (Å²) in [6.45, 7) is 11.9. The Balaban J connectivity index is 2.29. The molecule has 0 atom stereocenters. The van der Waals surface area contributed by atoms with Crippen molar-refractivity contribution >= 4 is 28.3 Å². The van der Waals surface area contributed by atoms with Crippen molar-refractivity contribution in [1.82, 2.24) is 9.71 Å². The zero-order chi connectivity index (χ0) is 21.8. The number of sulfonamides is 1. The number of ether oxygens (including phenoxy) is 1. The number of aromatic nitrogens is 1. The first kappa shape index (κ1) is 22.3. The number of carbonyl (C=O) groups is 1. The van der Waals surface area contributed by atoms with Crippen LogP contribution in [0.4, 0.5) is 0 Å². The monoisotopic (exact) mass is 417 g/mol. The molecular weight excluding hydrogens is 390 g/mol. The second kappa shape index (κ2) is 8.57. The van der Waals surface area contributed by atoms with Crippen LogP contribution in [0.1, 0.15) is 43.7 Å². The lowest BCUT2D eigenvalue weighted by atomic mass is 9.87. The normalized spacial score (nSPS) is 13.4. The SMILES string of the molecule is C=C(/C=c1/cc(C(=O)OCC)[nH]/c1=C/N)NS(=O)(=O)c1ccc(C(C)(C)C)cc1. The molecule has 0 amide bonds. The molecule has 0 saturated heterocycles. The highest BCUT2D eigenvalue weighted by Gasteiger charge is 2.18. The van der Waals surface area contributed by atoms with Crippen LogP contribution >= 0.6 is 0 Å². The quantitative estimate of drug-likeness (QED) is 0.616. The van der Waals surface area contributed by atoms with Gasteiger partial charge in [-0.05, 0) is 42.2 Å². The molecule has 0 unspecified atom stereocenters. The molecule has 4 N–H and O–H groups in total. The van der Waals surface area contributed by atoms with Gasteiger partial charge in [0.25, 0.3) is 10.0 Å². The second-order valence-electron chi connectivity index (χ2n) is 7.49. The van der Waals surface area contributed by atoms with Crippen LogP contribution in [0.25, 0.3) is 12.3 Å². The lowest BCUT2D eigenvalue weighted by Gasteiger charge is -2.19. The number of hydrogen-bond donors (Lipinski definition) is 3. The van der Waals surface area contributed by atoms with Crippen molar-refractivity contribution in [3.63, 3.8) is 0 Å². The van der Waals surface area contributed by atoms with Crippen LogP contribution in [0, 0.1) is 0 Å². The second-order valence-corrected chi connectivity index (χ2v) is 9.17. The zero-order valence-corrected chi connectivity index (χ0v) is 17.9. The van der Waals surface area contributed by atoms with Gasteiger partial charge < -0.3 is 15.5 Å². The molecular formula is C21H27N3O4S. The van der Waals surface area contributed by atoms with E-state index >= 15 is 0 Å². The third-order valence-corrected chi connectivity index (χ3v) is 5.59. The molecule has 2 rings (SSSR count). The number of nitrogens with two attached hydrogens (primary N) is 1. The molecule has 1 aromatic carbocycles. The first-order chi connectivity index (χ1) is 13.5. The van der Waals surface area contributed by atoms with Crippen LogP contribution in [-0.2, 0) is 20.2 Å². The Morgan fingerprint density at radius 3 is 2.41 bits per heavy atom. The topological polar surface area (TPSA) is 114 Å². The zero-order valence-electron chi connectivity index (χ0n) is 17.1. The number of hydrogen-bond acceptors (Lipinski definition) is 5. The molecule has 156 valence electrons. The van der Waals surface area contributed by atoms with E-state index < -0.39 is 16.0 Å². The fraction of sp³-hybridized carbons (Fsp3) is 0.286. The molecule has 0 aliphatic carbocycles. The predicted octanol–water partition coefficient (Wildman–Crippen LogP) is 1.46. The first-order valence-corrected chi connectivity index (χ1v) is 10.6. The molecule has 0 aliphatic rings. The smallest absolute Gasteiger partial charge is 0.354 e. The van der Waals surface area contributed by atoms with Gasteiger partial charge in [-0.1, -0.05) is 39.5 Å². The third-order valence-electron chi connectivity index (χ3n) is 4.17. The van der Waals surface area contributed by atoms with E-state index in [0.717, 1.165) is 5.56 Å². The third kappa shape index (κ3) is 5.51. The Kier molecular flexibility index (Phi) is 6.58. The van der Waals surface area contributed by atoms with Crippen molar-refractivity contribution in [2.45, 2.75) is 38.0 Å². The number of aromatic amines is 1. The highest BCUT2D eigenvalue weighted by Crippen LogP contribution is 2.23. The molecule has 7 nitrogen and oxygen atoms in total. The average Bonchev–Trinajstić information content (AvgIpc) is 3.03. The molecule has 0 spiro atoms. The number of esters is 1. The van der Waals surface area contributed by atoms with Crippen LogP contribution in [-0.4, -0.2) is 26.0 Å². The Hall–Kier alpha value is -3.00. The van der Waals surface area contributed by atoms with Gasteiger partial charge in [0.2, 0.25) is 0 Å². The van der Waals surface area contributed by atoms with E-state index in [0.29, 0.717) is 10.6 Å². The molecule has 0 saturated carbocycles. The summed E-state index contributed by atoms with van der Waals surface area (Å²) in [5.74, 6) is -0.527. The van der Waals surface area contributed by atoms with Gasteiger partial charge in [0.05, 0.1) is 16.9 Å². The lowest BCUT2D eigenvalue weighted by molar-refractivity contribution is 0.0520. The summed E-state index contributed by atoms with van der Waals surface area (Å²) >= 11 is 0. The van der Waals surface area contributed by atoms with Gasteiger partial charge >= 0.3 is 5.97 Å². The summed E-state index contributed by atoms with van der Waals surface area (Å²) in [7, 11) is -3.80. The number of H-pyrrole nitrogens is 1. The largest absolute Gasteiger partial charge is 0.461 e. The van der Waals surface area contributed by atoms with Gasteiger partial charge in [-0.2, -0.15) is 0 Å². The van der Waals surface area contributed by atoms with Crippen molar-refractivity contribution in [2.24, 2.45) is 5.73 Å². The van der Waals surface area contributed by atoms with Gasteiger partial charge in [-0.25, -0.2) is 13.2 Å². The number of nitrogens with one attached hydrogen (secondary N) is 2. The Bertz CT molecular complexity index is 1120. The first-order valence-electron chi connectivity index (χ1n) is 9.10. The minimum atomic E-state index is -3.80. The summed E-state index contributed by atoms with van der Waals surface area (Å²) in [4.78, 5) is 14.8. The van der Waals surface area contributed by atoms with Crippen molar-refractivity contribution < 1.29 is 17.9 Å². The molecule has 8 heteroatoms. The summed E-state index contributed by atoms with van der Waals surface area (Å²) in [6, 6.07) is 8.23. The van der Waals surface area contributed by atoms with Gasteiger partial charge in [0, 0.05) is 17.1 Å². The van der Waals surface area contributed by atoms with E-state index in [9.17, 15) is 13.2 Å². The number of benzene rings is 1. The van der Waals surface area contributed by atoms with Crippen LogP contribution in [0.3, 0.4) is 0 Å². The van der Waals surface area contributed by atoms with E-state index in [1.165, 1.54) is 18.3 Å². The highest BCUT2D eigenvalue weighted by atomic mass is 32.2. The van der Waals surface area contributed by atoms with Crippen molar-refractivity contribution in [3.05, 3.63) is 64.4 Å². The van der Waals surface area contributed by atoms with E-state index in [-0.39, 0.29) is 28.3 Å². The number of carbonyl (C=O) groups excluding carboxylic acids is 1. The lowest BCUT2D eigenvalue weighted by Crippen LogP contribution is -2.27. The molecule has 0 aliphatic heterocycles. The van der Waals surface area contributed by atoms with Crippen molar-refractivity contribution in [2.75, 3.05) is 6.61 Å². The maximum absolute atomic E-state index is 12.6. The van der Waals surface area contributed by atoms with E-state index in [1.807, 2.05) is 0 Å². The molecule has 0 fully saturated rings. The Morgan fingerprint density at radius 2 is 1.90 bits per heavy atom. The molecule has 29 heavy (non-hydrogen) atoms. The van der Waals surface area contributed by atoms with Crippen LogP contribution in [0.2, 0.25) is 0 Å². The van der Waals surface area contributed by atoms with Crippen LogP contribution < -0.4 is 21.0 Å². The van der Waals surface area contributed by atoms with Gasteiger partial charge in [0.1, 0.15) is 5.69 Å². The summed E-state index contributed by atoms with van der Waals surface area (Å²) in [5, 5.41) is 0.953. The van der Waals surface area contributed by atoms with Crippen molar-refractivity contribution in [1.29, 1.82) is 0 Å². The standard InChI is InChI=1S/C21H27N3O4S/c1-6-28-20(25)18-12-15(19(13-22)23-18)11-14(2)24-29(26,27)17-9-7-16(8-10-17)21(3,4)5/h7-13,23-24H,2,6,22H2,1,3-5H3/b15-11-,19-13+. The van der Waals surface area contributed by atoms with E-state index in [2.05, 4.69) is 37.1 Å². The molecule has 0 radical (unpaired) electrons. The van der Waals surface area contributed by atoms with Gasteiger partial charge in [0.15, 0.2) is 0 Å². The van der Waals surface area contributed by atoms with E-state index in [1.54, 1.807) is 31.2 Å². The number of rotatable bonds is 6. The molecule has 0 bridgehead atoms. The highest BCUT2D eigenvalue weighted by molar-refractivity contribution is 7.89. The Labute approximate surface area is 171 Å². The van der Waals surface area contributed by atoms with Crippen LogP contribution in [0.5, 0.6) is 0 Å². The number of allylic oxidation sites excluding steroid dienone is 1. The minimum Gasteiger partial charge on any atom is -0.461 e. The fourth-order valence-electron chi connectivity index (χ4n) is 2.65. The fourth-order valence-corrected chi connectivity index (χ4v) is 3.66. The maximum atomic E-state index is 12.6. The van der Waals surface area contributed by atoms with E-state index in [4.69, 9.17) is 10.5 Å². The summed E-state index contributed by atoms with van der Waals surface area (Å²) < 4.78 is 32.7. The molecule has 2 aromatic rings. The van der Waals surface area contributed by atoms with Crippen molar-refractivity contribution in [3.8, 4) is 0 Å². The molecule has 1 aromatic heterocycles. The maximum Gasteiger partial charge on any atom is 0.354 e. The van der Waals surface area contributed by atoms with Crippen LogP contribution in [0.15, 0.2) is 47.5 Å². The average molecular weight is 418 g/mol. The minimum absolute atomic E-state index is 0.0763. The predicted molar refractivity (Wildman–Crippen MR) is 114 cm³/mol. The van der Waals surface area contributed by atoms with Gasteiger partial charge in [-0.15, -0.1) is 0 Å². The summed E-state index contributed by atoms with van der Waals surface area (Å²) in [5.41, 5.74) is 6.88. The molecule has 1 heterocycles. The Morgan fingerprint density at radius 1 is 1.28 bits per heavy atom. The summed E-state index contributed by atoms with van der Waals surface area (Å²) in [6.07, 6.45) is 2.76.